The SMILES string of the molecule is CN(Cc1ccccc1F)C(=O)COC(=O)c1ccc(Br)cc1. The first kappa shape index (κ1) is 17.1. The second-order valence-corrected chi connectivity index (χ2v) is 5.84. The van der Waals surface area contributed by atoms with Crippen molar-refractivity contribution in [3.8, 4) is 0 Å². The van der Waals surface area contributed by atoms with Crippen molar-refractivity contribution in [2.24, 2.45) is 0 Å². The molecule has 1 amide bonds. The standard InChI is InChI=1S/C17H15BrFNO3/c1-20(10-13-4-2-3-5-15(13)19)16(21)11-23-17(22)12-6-8-14(18)9-7-12/h2-9H,10-11H2,1H3. The van der Waals surface area contributed by atoms with Crippen LogP contribution in [0.2, 0.25) is 0 Å². The van der Waals surface area contributed by atoms with Crippen LogP contribution in [0.3, 0.4) is 0 Å². The quantitative estimate of drug-likeness (QED) is 0.747. The second-order valence-electron chi connectivity index (χ2n) is 4.92. The first-order chi connectivity index (χ1) is 11.0. The Labute approximate surface area is 142 Å². The van der Waals surface area contributed by atoms with Crippen LogP contribution in [-0.2, 0) is 16.1 Å². The lowest BCUT2D eigenvalue weighted by Crippen LogP contribution is -2.31. The van der Waals surface area contributed by atoms with Crippen LogP contribution in [0.1, 0.15) is 15.9 Å². The molecule has 0 aliphatic heterocycles. The number of nitrogens with zero attached hydrogens (tertiary/aromatic N) is 1. The lowest BCUT2D eigenvalue weighted by molar-refractivity contribution is -0.133. The Morgan fingerprint density at radius 1 is 1.13 bits per heavy atom. The molecule has 2 rings (SSSR count). The fourth-order valence-electron chi connectivity index (χ4n) is 1.88. The maximum absolute atomic E-state index is 13.6. The number of benzene rings is 2. The molecule has 120 valence electrons. The number of esters is 1. The first-order valence-electron chi connectivity index (χ1n) is 6.87. The molecular formula is C17H15BrFNO3. The zero-order valence-corrected chi connectivity index (χ0v) is 14.0. The summed E-state index contributed by atoms with van der Waals surface area (Å²) in [4.78, 5) is 25.1. The van der Waals surface area contributed by atoms with E-state index in [1.165, 1.54) is 18.0 Å². The summed E-state index contributed by atoms with van der Waals surface area (Å²) < 4.78 is 19.4. The summed E-state index contributed by atoms with van der Waals surface area (Å²) in [5.74, 6) is -1.36. The van der Waals surface area contributed by atoms with Crippen molar-refractivity contribution in [2.45, 2.75) is 6.54 Å². The molecule has 2 aromatic rings. The second kappa shape index (κ2) is 7.87. The molecule has 0 N–H and O–H groups in total. The Bertz CT molecular complexity index is 703. The monoisotopic (exact) mass is 379 g/mol. The molecule has 23 heavy (non-hydrogen) atoms. The highest BCUT2D eigenvalue weighted by Gasteiger charge is 2.15. The average molecular weight is 380 g/mol. The highest BCUT2D eigenvalue weighted by molar-refractivity contribution is 9.10. The van der Waals surface area contributed by atoms with E-state index in [1.807, 2.05) is 0 Å². The molecule has 0 unspecified atom stereocenters. The summed E-state index contributed by atoms with van der Waals surface area (Å²) >= 11 is 3.27. The smallest absolute Gasteiger partial charge is 0.338 e. The number of likely N-dealkylation sites (N-methyl/N-ethyl adjacent to an activating group) is 1. The van der Waals surface area contributed by atoms with Gasteiger partial charge in [0.05, 0.1) is 5.56 Å². The fourth-order valence-corrected chi connectivity index (χ4v) is 2.14. The van der Waals surface area contributed by atoms with Gasteiger partial charge in [-0.1, -0.05) is 34.1 Å². The molecule has 0 heterocycles. The van der Waals surface area contributed by atoms with Crippen LogP contribution >= 0.6 is 15.9 Å². The van der Waals surface area contributed by atoms with Crippen molar-refractivity contribution >= 4 is 27.8 Å². The molecule has 0 aromatic heterocycles. The summed E-state index contributed by atoms with van der Waals surface area (Å²) in [6, 6.07) is 12.8. The molecule has 0 spiro atoms. The maximum Gasteiger partial charge on any atom is 0.338 e. The van der Waals surface area contributed by atoms with Crippen LogP contribution < -0.4 is 0 Å². The molecule has 6 heteroatoms. The van der Waals surface area contributed by atoms with Gasteiger partial charge in [-0.25, -0.2) is 9.18 Å². The van der Waals surface area contributed by atoms with E-state index in [1.54, 1.807) is 42.5 Å². The molecule has 0 bridgehead atoms. The van der Waals surface area contributed by atoms with Gasteiger partial charge in [-0.3, -0.25) is 4.79 Å². The van der Waals surface area contributed by atoms with Crippen molar-refractivity contribution in [3.05, 3.63) is 69.9 Å². The number of ether oxygens (including phenoxy) is 1. The van der Waals surface area contributed by atoms with Gasteiger partial charge >= 0.3 is 5.97 Å². The summed E-state index contributed by atoms with van der Waals surface area (Å²) in [5.41, 5.74) is 0.764. The molecule has 0 radical (unpaired) electrons. The van der Waals surface area contributed by atoms with Gasteiger partial charge in [-0.15, -0.1) is 0 Å². The third kappa shape index (κ3) is 4.89. The van der Waals surface area contributed by atoms with E-state index in [0.29, 0.717) is 11.1 Å². The summed E-state index contributed by atoms with van der Waals surface area (Å²) in [6.45, 7) is -0.277. The van der Waals surface area contributed by atoms with Gasteiger partial charge in [0.15, 0.2) is 6.61 Å². The van der Waals surface area contributed by atoms with Crippen LogP contribution in [-0.4, -0.2) is 30.4 Å². The number of hydrogen-bond acceptors (Lipinski definition) is 3. The van der Waals surface area contributed by atoms with Crippen LogP contribution in [0.5, 0.6) is 0 Å². The van der Waals surface area contributed by atoms with E-state index in [4.69, 9.17) is 4.74 Å². The van der Waals surface area contributed by atoms with Gasteiger partial charge in [-0.05, 0) is 30.3 Å². The van der Waals surface area contributed by atoms with Gasteiger partial charge < -0.3 is 9.64 Å². The Morgan fingerprint density at radius 2 is 1.78 bits per heavy atom. The van der Waals surface area contributed by atoms with E-state index >= 15 is 0 Å². The molecule has 0 atom stereocenters. The van der Waals surface area contributed by atoms with Crippen molar-refractivity contribution < 1.29 is 18.7 Å². The predicted octanol–water partition coefficient (Wildman–Crippen LogP) is 3.40. The predicted molar refractivity (Wildman–Crippen MR) is 87.3 cm³/mol. The lowest BCUT2D eigenvalue weighted by atomic mass is 10.2. The molecule has 4 nitrogen and oxygen atoms in total. The van der Waals surface area contributed by atoms with Crippen molar-refractivity contribution in [1.82, 2.24) is 4.90 Å². The van der Waals surface area contributed by atoms with Crippen LogP contribution in [0, 0.1) is 5.82 Å². The summed E-state index contributed by atoms with van der Waals surface area (Å²) in [5, 5.41) is 0. The Kier molecular flexibility index (Phi) is 5.87. The fraction of sp³-hybridized carbons (Fsp3) is 0.176. The molecule has 2 aromatic carbocycles. The molecule has 0 saturated heterocycles. The Balaban J connectivity index is 1.87. The number of rotatable bonds is 5. The third-order valence-corrected chi connectivity index (χ3v) is 3.73. The van der Waals surface area contributed by atoms with Gasteiger partial charge in [-0.2, -0.15) is 0 Å². The molecule has 0 fully saturated rings. The Morgan fingerprint density at radius 3 is 2.43 bits per heavy atom. The van der Waals surface area contributed by atoms with Gasteiger partial charge in [0.2, 0.25) is 0 Å². The van der Waals surface area contributed by atoms with E-state index in [0.717, 1.165) is 4.47 Å². The van der Waals surface area contributed by atoms with Crippen molar-refractivity contribution in [2.75, 3.05) is 13.7 Å². The summed E-state index contributed by atoms with van der Waals surface area (Å²) in [6.07, 6.45) is 0. The lowest BCUT2D eigenvalue weighted by Gasteiger charge is -2.17. The number of carbonyl (C=O) groups is 2. The first-order valence-corrected chi connectivity index (χ1v) is 7.66. The number of amides is 1. The van der Waals surface area contributed by atoms with Crippen LogP contribution in [0.15, 0.2) is 53.0 Å². The average Bonchev–Trinajstić information content (AvgIpc) is 2.55. The number of hydrogen-bond donors (Lipinski definition) is 0. The number of carbonyl (C=O) groups excluding carboxylic acids is 2. The van der Waals surface area contributed by atoms with E-state index < -0.39 is 11.9 Å². The minimum atomic E-state index is -0.579. The summed E-state index contributed by atoms with van der Waals surface area (Å²) in [7, 11) is 1.53. The van der Waals surface area contributed by atoms with Crippen molar-refractivity contribution in [1.29, 1.82) is 0 Å². The topological polar surface area (TPSA) is 46.6 Å². The largest absolute Gasteiger partial charge is 0.452 e. The third-order valence-electron chi connectivity index (χ3n) is 3.20. The molecule has 0 aliphatic rings. The van der Waals surface area contributed by atoms with E-state index in [9.17, 15) is 14.0 Å². The maximum atomic E-state index is 13.6. The van der Waals surface area contributed by atoms with Gasteiger partial charge in [0.25, 0.3) is 5.91 Å². The highest BCUT2D eigenvalue weighted by Crippen LogP contribution is 2.12. The molecule has 0 aliphatic carbocycles. The van der Waals surface area contributed by atoms with Gasteiger partial charge in [0, 0.05) is 23.6 Å². The number of halogens is 2. The van der Waals surface area contributed by atoms with E-state index in [-0.39, 0.29) is 19.0 Å². The normalized spacial score (nSPS) is 10.2. The van der Waals surface area contributed by atoms with Crippen LogP contribution in [0.25, 0.3) is 0 Å². The zero-order chi connectivity index (χ0) is 16.8. The molecule has 0 saturated carbocycles. The minimum Gasteiger partial charge on any atom is -0.452 e. The highest BCUT2D eigenvalue weighted by atomic mass is 79.9. The van der Waals surface area contributed by atoms with Gasteiger partial charge in [0.1, 0.15) is 5.82 Å². The Hall–Kier alpha value is -2.21. The van der Waals surface area contributed by atoms with Crippen LogP contribution in [0.4, 0.5) is 4.39 Å². The zero-order valence-electron chi connectivity index (χ0n) is 12.5. The minimum absolute atomic E-state index is 0.112. The van der Waals surface area contributed by atoms with E-state index in [2.05, 4.69) is 15.9 Å². The molecular weight excluding hydrogens is 365 g/mol. The van der Waals surface area contributed by atoms with Crippen molar-refractivity contribution in [3.63, 3.8) is 0 Å².